The van der Waals surface area contributed by atoms with Crippen LogP contribution in [0.1, 0.15) is 12.5 Å². The fourth-order valence-corrected chi connectivity index (χ4v) is 2.69. The number of nitrogens with two attached hydrogens (primary N) is 1. The van der Waals surface area contributed by atoms with Crippen LogP contribution >= 0.6 is 15.9 Å². The van der Waals surface area contributed by atoms with E-state index in [2.05, 4.69) is 31.2 Å². The van der Waals surface area contributed by atoms with Gasteiger partial charge in [-0.1, -0.05) is 28.1 Å². The van der Waals surface area contributed by atoms with E-state index in [1.54, 1.807) is 13.0 Å². The summed E-state index contributed by atoms with van der Waals surface area (Å²) in [6.45, 7) is 1.69. The van der Waals surface area contributed by atoms with Crippen molar-refractivity contribution in [1.29, 1.82) is 0 Å². The van der Waals surface area contributed by atoms with E-state index in [1.165, 1.54) is 6.33 Å². The van der Waals surface area contributed by atoms with Crippen molar-refractivity contribution in [3.63, 3.8) is 0 Å². The first-order valence-corrected chi connectivity index (χ1v) is 8.08. The lowest BCUT2D eigenvalue weighted by atomic mass is 10.1. The van der Waals surface area contributed by atoms with Crippen LogP contribution in [0.2, 0.25) is 0 Å². The largest absolute Gasteiger partial charge is 0.366 e. The molecule has 5 nitrogen and oxygen atoms in total. The fraction of sp³-hybridized carbons (Fsp3) is 0.0556. The molecule has 1 heterocycles. The number of aromatic nitrogens is 2. The van der Waals surface area contributed by atoms with Crippen LogP contribution in [-0.4, -0.2) is 15.9 Å². The SMILES string of the molecule is CC(=Cc1ccc2c(Nc3cccc(Br)c3)ncnc2c1)C(N)=O. The molecule has 2 aromatic carbocycles. The lowest BCUT2D eigenvalue weighted by molar-refractivity contribution is -0.114. The van der Waals surface area contributed by atoms with Crippen molar-refractivity contribution in [2.45, 2.75) is 6.92 Å². The highest BCUT2D eigenvalue weighted by Crippen LogP contribution is 2.25. The predicted octanol–water partition coefficient (Wildman–Crippen LogP) is 4.02. The van der Waals surface area contributed by atoms with Gasteiger partial charge in [0.1, 0.15) is 12.1 Å². The molecule has 3 rings (SSSR count). The van der Waals surface area contributed by atoms with Gasteiger partial charge in [-0.15, -0.1) is 0 Å². The smallest absolute Gasteiger partial charge is 0.244 e. The van der Waals surface area contributed by atoms with E-state index < -0.39 is 5.91 Å². The lowest BCUT2D eigenvalue weighted by Gasteiger charge is -2.09. The normalized spacial score (nSPS) is 11.5. The van der Waals surface area contributed by atoms with Gasteiger partial charge in [0.2, 0.25) is 5.91 Å². The van der Waals surface area contributed by atoms with Gasteiger partial charge in [0.15, 0.2) is 0 Å². The summed E-state index contributed by atoms with van der Waals surface area (Å²) in [4.78, 5) is 19.8. The molecule has 24 heavy (non-hydrogen) atoms. The summed E-state index contributed by atoms with van der Waals surface area (Å²) in [5, 5.41) is 4.19. The van der Waals surface area contributed by atoms with Crippen molar-refractivity contribution >= 4 is 50.3 Å². The Kier molecular flexibility index (Phi) is 4.57. The average molecular weight is 383 g/mol. The zero-order valence-electron chi connectivity index (χ0n) is 13.0. The Morgan fingerprint density at radius 3 is 2.79 bits per heavy atom. The van der Waals surface area contributed by atoms with Gasteiger partial charge in [-0.25, -0.2) is 9.97 Å². The number of carbonyl (C=O) groups excluding carboxylic acids is 1. The van der Waals surface area contributed by atoms with E-state index in [1.807, 2.05) is 42.5 Å². The molecule has 0 saturated carbocycles. The number of carbonyl (C=O) groups is 1. The van der Waals surface area contributed by atoms with E-state index in [-0.39, 0.29) is 0 Å². The molecule has 0 aliphatic carbocycles. The maximum Gasteiger partial charge on any atom is 0.244 e. The highest BCUT2D eigenvalue weighted by molar-refractivity contribution is 9.10. The van der Waals surface area contributed by atoms with E-state index >= 15 is 0 Å². The van der Waals surface area contributed by atoms with E-state index in [9.17, 15) is 4.79 Å². The first kappa shape index (κ1) is 16.1. The number of benzene rings is 2. The molecule has 0 unspecified atom stereocenters. The average Bonchev–Trinajstić information content (AvgIpc) is 2.55. The van der Waals surface area contributed by atoms with Crippen LogP contribution in [0.25, 0.3) is 17.0 Å². The van der Waals surface area contributed by atoms with Crippen molar-refractivity contribution in [2.24, 2.45) is 5.73 Å². The summed E-state index contributed by atoms with van der Waals surface area (Å²) in [7, 11) is 0. The number of primary amides is 1. The maximum absolute atomic E-state index is 11.2. The molecule has 0 aliphatic heterocycles. The van der Waals surface area contributed by atoms with Crippen LogP contribution in [-0.2, 0) is 4.79 Å². The van der Waals surface area contributed by atoms with Gasteiger partial charge in [-0.05, 0) is 48.9 Å². The van der Waals surface area contributed by atoms with Crippen molar-refractivity contribution in [2.75, 3.05) is 5.32 Å². The van der Waals surface area contributed by atoms with E-state index in [0.29, 0.717) is 5.57 Å². The minimum absolute atomic E-state index is 0.435. The number of rotatable bonds is 4. The minimum atomic E-state index is -0.435. The monoisotopic (exact) mass is 382 g/mol. The fourth-order valence-electron chi connectivity index (χ4n) is 2.29. The molecule has 120 valence electrons. The standard InChI is InChI=1S/C18H15BrN4O/c1-11(17(20)24)7-12-5-6-15-16(8-12)21-10-22-18(15)23-14-4-2-3-13(19)9-14/h2-10H,1H3,(H2,20,24)(H,21,22,23). The van der Waals surface area contributed by atoms with Crippen molar-refractivity contribution in [1.82, 2.24) is 9.97 Å². The number of nitrogens with one attached hydrogen (secondary N) is 1. The third kappa shape index (κ3) is 3.60. The number of hydrogen-bond acceptors (Lipinski definition) is 4. The summed E-state index contributed by atoms with van der Waals surface area (Å²) < 4.78 is 0.986. The third-order valence-corrected chi connectivity index (χ3v) is 4.01. The molecule has 0 radical (unpaired) electrons. The number of halogens is 1. The molecule has 0 fully saturated rings. The number of nitrogens with zero attached hydrogens (tertiary/aromatic N) is 2. The Morgan fingerprint density at radius 1 is 1.21 bits per heavy atom. The predicted molar refractivity (Wildman–Crippen MR) is 99.8 cm³/mol. The molecular formula is C18H15BrN4O. The zero-order valence-corrected chi connectivity index (χ0v) is 14.5. The molecule has 1 amide bonds. The molecule has 0 spiro atoms. The van der Waals surface area contributed by atoms with Crippen LogP contribution in [0, 0.1) is 0 Å². The van der Waals surface area contributed by atoms with Crippen LogP contribution < -0.4 is 11.1 Å². The van der Waals surface area contributed by atoms with Gasteiger partial charge in [-0.3, -0.25) is 4.79 Å². The van der Waals surface area contributed by atoms with Crippen LogP contribution in [0.3, 0.4) is 0 Å². The first-order chi connectivity index (χ1) is 11.5. The molecule has 0 bridgehead atoms. The molecule has 6 heteroatoms. The molecule has 0 saturated heterocycles. The highest BCUT2D eigenvalue weighted by Gasteiger charge is 2.06. The summed E-state index contributed by atoms with van der Waals surface area (Å²) in [6, 6.07) is 13.6. The Bertz CT molecular complexity index is 953. The summed E-state index contributed by atoms with van der Waals surface area (Å²) in [5.74, 6) is 0.287. The summed E-state index contributed by atoms with van der Waals surface area (Å²) in [6.07, 6.45) is 3.25. The van der Waals surface area contributed by atoms with Gasteiger partial charge in [0.25, 0.3) is 0 Å². The Hall–Kier alpha value is -2.73. The second-order valence-electron chi connectivity index (χ2n) is 5.33. The minimum Gasteiger partial charge on any atom is -0.366 e. The molecule has 1 aromatic heterocycles. The van der Waals surface area contributed by atoms with Gasteiger partial charge in [-0.2, -0.15) is 0 Å². The lowest BCUT2D eigenvalue weighted by Crippen LogP contribution is -2.11. The number of hydrogen-bond donors (Lipinski definition) is 2. The zero-order chi connectivity index (χ0) is 17.1. The Morgan fingerprint density at radius 2 is 2.04 bits per heavy atom. The van der Waals surface area contributed by atoms with Crippen LogP contribution in [0.4, 0.5) is 11.5 Å². The summed E-state index contributed by atoms with van der Waals surface area (Å²) in [5.41, 5.74) is 8.35. The number of amides is 1. The Balaban J connectivity index is 1.99. The Labute approximate surface area is 147 Å². The first-order valence-electron chi connectivity index (χ1n) is 7.28. The van der Waals surface area contributed by atoms with E-state index in [4.69, 9.17) is 5.73 Å². The third-order valence-electron chi connectivity index (χ3n) is 3.52. The molecule has 3 N–H and O–H groups in total. The maximum atomic E-state index is 11.2. The van der Waals surface area contributed by atoms with Crippen molar-refractivity contribution in [3.05, 3.63) is 64.4 Å². The van der Waals surface area contributed by atoms with Crippen LogP contribution in [0.15, 0.2) is 58.8 Å². The van der Waals surface area contributed by atoms with Crippen LogP contribution in [0.5, 0.6) is 0 Å². The quantitative estimate of drug-likeness (QED) is 0.667. The molecule has 0 aliphatic rings. The van der Waals surface area contributed by atoms with Gasteiger partial charge in [0.05, 0.1) is 5.52 Å². The topological polar surface area (TPSA) is 80.9 Å². The number of fused-ring (bicyclic) bond motifs is 1. The molecule has 0 atom stereocenters. The van der Waals surface area contributed by atoms with Crippen molar-refractivity contribution < 1.29 is 4.79 Å². The second-order valence-corrected chi connectivity index (χ2v) is 6.24. The molecular weight excluding hydrogens is 368 g/mol. The highest BCUT2D eigenvalue weighted by atomic mass is 79.9. The molecule has 3 aromatic rings. The van der Waals surface area contributed by atoms with E-state index in [0.717, 1.165) is 32.4 Å². The van der Waals surface area contributed by atoms with Gasteiger partial charge in [0, 0.05) is 21.1 Å². The van der Waals surface area contributed by atoms with Crippen molar-refractivity contribution in [3.8, 4) is 0 Å². The van der Waals surface area contributed by atoms with Gasteiger partial charge >= 0.3 is 0 Å². The second kappa shape index (κ2) is 6.80. The van der Waals surface area contributed by atoms with Gasteiger partial charge < -0.3 is 11.1 Å². The number of anilines is 2. The summed E-state index contributed by atoms with van der Waals surface area (Å²) >= 11 is 3.45.